The van der Waals surface area contributed by atoms with E-state index in [1.165, 1.54) is 4.90 Å². The normalized spacial score (nSPS) is 22.2. The van der Waals surface area contributed by atoms with Crippen LogP contribution in [-0.4, -0.2) is 57.3 Å². The van der Waals surface area contributed by atoms with E-state index in [0.717, 1.165) is 10.5 Å². The molecule has 1 aromatic rings. The molecule has 2 heterocycles. The van der Waals surface area contributed by atoms with Gasteiger partial charge in [0.05, 0.1) is 12.6 Å². The molecular formula is C18H21N3O5. The summed E-state index contributed by atoms with van der Waals surface area (Å²) >= 11 is 0. The summed E-state index contributed by atoms with van der Waals surface area (Å²) in [4.78, 5) is 50.8. The number of amides is 4. The maximum absolute atomic E-state index is 12.9. The second-order valence-corrected chi connectivity index (χ2v) is 6.53. The van der Waals surface area contributed by atoms with Crippen LogP contribution in [0.1, 0.15) is 31.2 Å². The van der Waals surface area contributed by atoms with E-state index < -0.39 is 18.0 Å². The molecule has 2 N–H and O–H groups in total. The minimum Gasteiger partial charge on any atom is -0.481 e. The summed E-state index contributed by atoms with van der Waals surface area (Å²) in [5.41, 5.74) is 0.826. The number of fused-ring (bicyclic) bond motifs is 1. The topological polar surface area (TPSA) is 107 Å². The van der Waals surface area contributed by atoms with Crippen molar-refractivity contribution in [3.63, 3.8) is 0 Å². The van der Waals surface area contributed by atoms with Crippen molar-refractivity contribution in [1.82, 2.24) is 15.1 Å². The molecular weight excluding hydrogens is 338 g/mol. The van der Waals surface area contributed by atoms with E-state index in [4.69, 9.17) is 5.11 Å². The lowest BCUT2D eigenvalue weighted by molar-refractivity contribution is -0.144. The SMILES string of the molecule is O=C(O)CCCC(=O)N1CCC2NC(=O)N(Cc3ccccc3)C(=O)C21. The molecule has 0 bridgehead atoms. The molecule has 4 amide bonds. The van der Waals surface area contributed by atoms with Crippen molar-refractivity contribution >= 4 is 23.8 Å². The third kappa shape index (κ3) is 3.68. The third-order valence-corrected chi connectivity index (χ3v) is 4.76. The van der Waals surface area contributed by atoms with Crippen LogP contribution in [0.3, 0.4) is 0 Å². The van der Waals surface area contributed by atoms with E-state index in [-0.39, 0.29) is 43.7 Å². The average molecular weight is 359 g/mol. The fourth-order valence-corrected chi connectivity index (χ4v) is 3.48. The van der Waals surface area contributed by atoms with Crippen molar-refractivity contribution in [1.29, 1.82) is 0 Å². The number of imide groups is 1. The minimum absolute atomic E-state index is 0.0788. The van der Waals surface area contributed by atoms with Crippen molar-refractivity contribution in [2.24, 2.45) is 0 Å². The molecule has 2 atom stereocenters. The number of carbonyl (C=O) groups excluding carboxylic acids is 3. The van der Waals surface area contributed by atoms with Gasteiger partial charge in [-0.15, -0.1) is 0 Å². The quantitative estimate of drug-likeness (QED) is 0.787. The van der Waals surface area contributed by atoms with E-state index in [1.807, 2.05) is 30.3 Å². The minimum atomic E-state index is -0.952. The first-order valence-corrected chi connectivity index (χ1v) is 8.64. The largest absolute Gasteiger partial charge is 0.481 e. The molecule has 3 rings (SSSR count). The summed E-state index contributed by atoms with van der Waals surface area (Å²) in [5, 5.41) is 11.5. The third-order valence-electron chi connectivity index (χ3n) is 4.76. The highest BCUT2D eigenvalue weighted by atomic mass is 16.4. The van der Waals surface area contributed by atoms with Gasteiger partial charge >= 0.3 is 12.0 Å². The zero-order chi connectivity index (χ0) is 18.7. The number of rotatable bonds is 6. The number of benzene rings is 1. The van der Waals surface area contributed by atoms with Gasteiger partial charge < -0.3 is 15.3 Å². The first-order valence-electron chi connectivity index (χ1n) is 8.64. The van der Waals surface area contributed by atoms with E-state index in [2.05, 4.69) is 5.32 Å². The first kappa shape index (κ1) is 17.9. The van der Waals surface area contributed by atoms with Gasteiger partial charge in [-0.05, 0) is 18.4 Å². The Morgan fingerprint density at radius 3 is 2.58 bits per heavy atom. The number of hydrogen-bond acceptors (Lipinski definition) is 4. The molecule has 0 aliphatic carbocycles. The number of nitrogens with one attached hydrogen (secondary N) is 1. The van der Waals surface area contributed by atoms with Crippen LogP contribution in [0.15, 0.2) is 30.3 Å². The van der Waals surface area contributed by atoms with Crippen LogP contribution in [0.25, 0.3) is 0 Å². The molecule has 8 heteroatoms. The zero-order valence-electron chi connectivity index (χ0n) is 14.3. The predicted molar refractivity (Wildman–Crippen MR) is 90.9 cm³/mol. The fourth-order valence-electron chi connectivity index (χ4n) is 3.48. The van der Waals surface area contributed by atoms with Gasteiger partial charge in [-0.1, -0.05) is 30.3 Å². The number of carbonyl (C=O) groups is 4. The van der Waals surface area contributed by atoms with E-state index in [1.54, 1.807) is 0 Å². The molecule has 2 unspecified atom stereocenters. The Morgan fingerprint density at radius 1 is 1.15 bits per heavy atom. The predicted octanol–water partition coefficient (Wildman–Crippen LogP) is 0.963. The molecule has 0 radical (unpaired) electrons. The van der Waals surface area contributed by atoms with E-state index in [0.29, 0.717) is 13.0 Å². The van der Waals surface area contributed by atoms with Gasteiger partial charge in [-0.3, -0.25) is 19.3 Å². The Morgan fingerprint density at radius 2 is 1.88 bits per heavy atom. The first-order chi connectivity index (χ1) is 12.5. The Balaban J connectivity index is 1.70. The highest BCUT2D eigenvalue weighted by Crippen LogP contribution is 2.26. The maximum atomic E-state index is 12.9. The number of carboxylic acids is 1. The summed E-state index contributed by atoms with van der Waals surface area (Å²) in [6.07, 6.45) is 0.746. The average Bonchev–Trinajstić information content (AvgIpc) is 3.03. The van der Waals surface area contributed by atoms with Gasteiger partial charge in [0, 0.05) is 19.4 Å². The molecule has 0 spiro atoms. The zero-order valence-corrected chi connectivity index (χ0v) is 14.3. The number of carboxylic acid groups (broad SMARTS) is 1. The lowest BCUT2D eigenvalue weighted by Crippen LogP contribution is -2.64. The summed E-state index contributed by atoms with van der Waals surface area (Å²) in [7, 11) is 0. The van der Waals surface area contributed by atoms with Gasteiger partial charge in [0.1, 0.15) is 6.04 Å². The summed E-state index contributed by atoms with van der Waals surface area (Å²) in [6, 6.07) is 7.63. The second kappa shape index (κ2) is 7.55. The summed E-state index contributed by atoms with van der Waals surface area (Å²) in [5.74, 6) is -1.58. The molecule has 2 aliphatic rings. The highest BCUT2D eigenvalue weighted by Gasteiger charge is 2.49. The smallest absolute Gasteiger partial charge is 0.324 e. The van der Waals surface area contributed by atoms with Crippen molar-refractivity contribution in [2.45, 2.75) is 44.3 Å². The van der Waals surface area contributed by atoms with Crippen LogP contribution >= 0.6 is 0 Å². The van der Waals surface area contributed by atoms with Gasteiger partial charge in [-0.25, -0.2) is 4.79 Å². The van der Waals surface area contributed by atoms with Crippen LogP contribution < -0.4 is 5.32 Å². The van der Waals surface area contributed by atoms with E-state index >= 15 is 0 Å². The van der Waals surface area contributed by atoms with Crippen molar-refractivity contribution in [2.75, 3.05) is 6.54 Å². The van der Waals surface area contributed by atoms with Crippen molar-refractivity contribution < 1.29 is 24.3 Å². The molecule has 2 aliphatic heterocycles. The molecule has 0 saturated carbocycles. The van der Waals surface area contributed by atoms with Crippen LogP contribution in [0.4, 0.5) is 4.79 Å². The number of nitrogens with zero attached hydrogens (tertiary/aromatic N) is 2. The van der Waals surface area contributed by atoms with Gasteiger partial charge in [-0.2, -0.15) is 0 Å². The van der Waals surface area contributed by atoms with E-state index in [9.17, 15) is 19.2 Å². The summed E-state index contributed by atoms with van der Waals surface area (Å²) < 4.78 is 0. The number of likely N-dealkylation sites (tertiary alicyclic amines) is 1. The van der Waals surface area contributed by atoms with Crippen molar-refractivity contribution in [3.8, 4) is 0 Å². The van der Waals surface area contributed by atoms with Crippen LogP contribution in [0.2, 0.25) is 0 Å². The molecule has 8 nitrogen and oxygen atoms in total. The highest BCUT2D eigenvalue weighted by molar-refractivity contribution is 6.02. The van der Waals surface area contributed by atoms with Gasteiger partial charge in [0.2, 0.25) is 5.91 Å². The number of aliphatic carboxylic acids is 1. The molecule has 2 saturated heterocycles. The van der Waals surface area contributed by atoms with Crippen LogP contribution in [-0.2, 0) is 20.9 Å². The monoisotopic (exact) mass is 359 g/mol. The Bertz CT molecular complexity index is 721. The fraction of sp³-hybridized carbons (Fsp3) is 0.444. The standard InChI is InChI=1S/C18H21N3O5/c22-14(7-4-8-15(23)24)20-10-9-13-16(20)17(25)21(18(26)19-13)11-12-5-2-1-3-6-12/h1-3,5-6,13,16H,4,7-11H2,(H,19,26)(H,23,24). The molecule has 26 heavy (non-hydrogen) atoms. The number of hydrogen-bond donors (Lipinski definition) is 2. The summed E-state index contributed by atoms with van der Waals surface area (Å²) in [6.45, 7) is 0.530. The lowest BCUT2D eigenvalue weighted by atomic mass is 10.0. The lowest BCUT2D eigenvalue weighted by Gasteiger charge is -2.37. The Kier molecular flexibility index (Phi) is 5.20. The Hall–Kier alpha value is -2.90. The molecule has 0 aromatic heterocycles. The number of urea groups is 1. The molecule has 1 aromatic carbocycles. The van der Waals surface area contributed by atoms with Crippen molar-refractivity contribution in [3.05, 3.63) is 35.9 Å². The molecule has 138 valence electrons. The maximum Gasteiger partial charge on any atom is 0.324 e. The van der Waals surface area contributed by atoms with Crippen LogP contribution in [0.5, 0.6) is 0 Å². The second-order valence-electron chi connectivity index (χ2n) is 6.53. The Labute approximate surface area is 150 Å². The van der Waals surface area contributed by atoms with Gasteiger partial charge in [0.15, 0.2) is 0 Å². The van der Waals surface area contributed by atoms with Crippen LogP contribution in [0, 0.1) is 0 Å². The van der Waals surface area contributed by atoms with Gasteiger partial charge in [0.25, 0.3) is 5.91 Å². The molecule has 2 fully saturated rings.